The molecule has 0 radical (unpaired) electrons. The van der Waals surface area contributed by atoms with Crippen molar-refractivity contribution in [2.45, 2.75) is 36.5 Å². The van der Waals surface area contributed by atoms with Crippen LogP contribution >= 0.6 is 11.8 Å². The zero-order chi connectivity index (χ0) is 14.7. The van der Waals surface area contributed by atoms with Gasteiger partial charge in [-0.15, -0.1) is 0 Å². The van der Waals surface area contributed by atoms with Crippen molar-refractivity contribution in [2.24, 2.45) is 0 Å². The fraction of sp³-hybridized carbons (Fsp3) is 0.467. The number of methoxy groups -OCH3 is 1. The van der Waals surface area contributed by atoms with E-state index in [1.54, 1.807) is 11.8 Å². The lowest BCUT2D eigenvalue weighted by molar-refractivity contribution is -0.143. The van der Waals surface area contributed by atoms with Gasteiger partial charge >= 0.3 is 5.97 Å². The molecule has 1 heterocycles. The Bertz CT molecular complexity index is 591. The van der Waals surface area contributed by atoms with E-state index in [0.717, 1.165) is 41.2 Å². The van der Waals surface area contributed by atoms with Gasteiger partial charge in [0.1, 0.15) is 6.04 Å². The third kappa shape index (κ3) is 3.77. The molecule has 21 heavy (non-hydrogen) atoms. The molecule has 1 aliphatic carbocycles. The first kappa shape index (κ1) is 14.4. The van der Waals surface area contributed by atoms with Gasteiger partial charge in [-0.25, -0.2) is 4.98 Å². The Labute approximate surface area is 127 Å². The van der Waals surface area contributed by atoms with Crippen LogP contribution in [0.2, 0.25) is 0 Å². The number of carbonyl (C=O) groups excluding carboxylic acids is 1. The molecule has 1 unspecified atom stereocenters. The van der Waals surface area contributed by atoms with Crippen molar-refractivity contribution < 1.29 is 9.53 Å². The van der Waals surface area contributed by atoms with Crippen molar-refractivity contribution in [3.05, 3.63) is 24.3 Å². The van der Waals surface area contributed by atoms with E-state index in [1.807, 2.05) is 24.3 Å². The van der Waals surface area contributed by atoms with Crippen molar-refractivity contribution in [2.75, 3.05) is 12.9 Å². The summed E-state index contributed by atoms with van der Waals surface area (Å²) >= 11 is 1.64. The largest absolute Gasteiger partial charge is 0.468 e. The molecule has 112 valence electrons. The van der Waals surface area contributed by atoms with E-state index in [9.17, 15) is 4.79 Å². The second kappa shape index (κ2) is 6.49. The highest BCUT2D eigenvalue weighted by Gasteiger charge is 2.28. The van der Waals surface area contributed by atoms with Crippen LogP contribution in [0, 0.1) is 0 Å². The maximum atomic E-state index is 11.7. The van der Waals surface area contributed by atoms with E-state index < -0.39 is 0 Å². The number of esters is 1. The fourth-order valence-corrected chi connectivity index (χ4v) is 3.11. The zero-order valence-electron chi connectivity index (χ0n) is 12.0. The molecular formula is C15H19N3O2S. The number of aromatic amines is 1. The third-order valence-corrected chi connectivity index (χ3v) is 4.42. The Hall–Kier alpha value is -1.53. The summed E-state index contributed by atoms with van der Waals surface area (Å²) < 4.78 is 4.86. The zero-order valence-corrected chi connectivity index (χ0v) is 12.8. The van der Waals surface area contributed by atoms with Crippen molar-refractivity contribution in [3.63, 3.8) is 0 Å². The van der Waals surface area contributed by atoms with E-state index in [4.69, 9.17) is 4.74 Å². The van der Waals surface area contributed by atoms with Crippen LogP contribution in [0.15, 0.2) is 29.4 Å². The number of nitrogens with zero attached hydrogens (tertiary/aromatic N) is 1. The van der Waals surface area contributed by atoms with Crippen LogP contribution in [0.4, 0.5) is 0 Å². The van der Waals surface area contributed by atoms with Gasteiger partial charge in [-0.3, -0.25) is 4.79 Å². The summed E-state index contributed by atoms with van der Waals surface area (Å²) in [4.78, 5) is 19.5. The van der Waals surface area contributed by atoms with Crippen LogP contribution in [0.1, 0.15) is 19.3 Å². The number of imidazole rings is 1. The summed E-state index contributed by atoms with van der Waals surface area (Å²) in [5.74, 6) is 0.645. The molecule has 0 bridgehead atoms. The van der Waals surface area contributed by atoms with E-state index in [0.29, 0.717) is 6.04 Å². The smallest absolute Gasteiger partial charge is 0.322 e. The molecule has 1 aromatic heterocycles. The average Bonchev–Trinajstić information content (AvgIpc) is 3.22. The fourth-order valence-electron chi connectivity index (χ4n) is 2.22. The number of nitrogens with one attached hydrogen (secondary N) is 2. The topological polar surface area (TPSA) is 67.0 Å². The Kier molecular flexibility index (Phi) is 4.45. The van der Waals surface area contributed by atoms with Crippen LogP contribution in [0.3, 0.4) is 0 Å². The molecule has 1 aromatic carbocycles. The molecule has 1 fully saturated rings. The molecule has 6 heteroatoms. The first-order valence-electron chi connectivity index (χ1n) is 7.17. The van der Waals surface area contributed by atoms with Gasteiger partial charge < -0.3 is 15.0 Å². The number of H-pyrrole nitrogens is 1. The second-order valence-corrected chi connectivity index (χ2v) is 6.30. The molecule has 1 aliphatic rings. The number of rotatable bonds is 7. The van der Waals surface area contributed by atoms with E-state index in [2.05, 4.69) is 15.3 Å². The first-order valence-corrected chi connectivity index (χ1v) is 8.16. The summed E-state index contributed by atoms with van der Waals surface area (Å²) in [5.41, 5.74) is 2.02. The predicted molar refractivity (Wildman–Crippen MR) is 83.4 cm³/mol. The molecule has 1 atom stereocenters. The predicted octanol–water partition coefficient (Wildman–Crippen LogP) is 2.34. The monoisotopic (exact) mass is 305 g/mol. The second-order valence-electron chi connectivity index (χ2n) is 5.21. The van der Waals surface area contributed by atoms with E-state index >= 15 is 0 Å². The van der Waals surface area contributed by atoms with Gasteiger partial charge in [0.05, 0.1) is 18.1 Å². The normalized spacial score (nSPS) is 16.0. The number of hydrogen-bond acceptors (Lipinski definition) is 5. The highest BCUT2D eigenvalue weighted by atomic mass is 32.2. The number of para-hydroxylation sites is 2. The van der Waals surface area contributed by atoms with E-state index in [-0.39, 0.29) is 12.0 Å². The van der Waals surface area contributed by atoms with Crippen molar-refractivity contribution in [1.82, 2.24) is 15.3 Å². The van der Waals surface area contributed by atoms with Crippen molar-refractivity contribution in [3.8, 4) is 0 Å². The lowest BCUT2D eigenvalue weighted by Crippen LogP contribution is -2.39. The van der Waals surface area contributed by atoms with Gasteiger partial charge in [-0.05, 0) is 31.4 Å². The molecule has 1 saturated carbocycles. The van der Waals surface area contributed by atoms with Crippen LogP contribution in [0.25, 0.3) is 11.0 Å². The molecule has 2 aromatic rings. The highest BCUT2D eigenvalue weighted by molar-refractivity contribution is 7.99. The molecule has 0 aliphatic heterocycles. The molecule has 0 spiro atoms. The minimum absolute atomic E-state index is 0.174. The van der Waals surface area contributed by atoms with Gasteiger partial charge in [0.25, 0.3) is 0 Å². The lowest BCUT2D eigenvalue weighted by atomic mass is 10.2. The first-order chi connectivity index (χ1) is 10.3. The summed E-state index contributed by atoms with van der Waals surface area (Å²) in [5, 5.41) is 4.23. The lowest BCUT2D eigenvalue weighted by Gasteiger charge is -2.15. The van der Waals surface area contributed by atoms with Gasteiger partial charge in [-0.1, -0.05) is 23.9 Å². The number of fused-ring (bicyclic) bond motifs is 1. The molecular weight excluding hydrogens is 286 g/mol. The van der Waals surface area contributed by atoms with Crippen molar-refractivity contribution in [1.29, 1.82) is 0 Å². The number of ether oxygens (including phenoxy) is 1. The number of carbonyl (C=O) groups is 1. The standard InChI is InChI=1S/C15H19N3O2S/c1-20-14(19)13(16-10-6-7-10)8-9-21-15-17-11-4-2-3-5-12(11)18-15/h2-5,10,13,16H,6-9H2,1H3,(H,17,18). The van der Waals surface area contributed by atoms with Gasteiger partial charge in [0.15, 0.2) is 5.16 Å². The third-order valence-electron chi connectivity index (χ3n) is 3.51. The Balaban J connectivity index is 1.54. The Morgan fingerprint density at radius 2 is 2.33 bits per heavy atom. The molecule has 0 saturated heterocycles. The van der Waals surface area contributed by atoms with Gasteiger partial charge in [-0.2, -0.15) is 0 Å². The van der Waals surface area contributed by atoms with Crippen LogP contribution in [-0.2, 0) is 9.53 Å². The number of hydrogen-bond donors (Lipinski definition) is 2. The molecule has 3 rings (SSSR count). The van der Waals surface area contributed by atoms with Gasteiger partial charge in [0.2, 0.25) is 0 Å². The van der Waals surface area contributed by atoms with Crippen LogP contribution in [0.5, 0.6) is 0 Å². The SMILES string of the molecule is COC(=O)C(CCSc1nc2ccccc2[nH]1)NC1CC1. The number of aromatic nitrogens is 2. The van der Waals surface area contributed by atoms with Gasteiger partial charge in [0, 0.05) is 11.8 Å². The number of thioether (sulfide) groups is 1. The summed E-state index contributed by atoms with van der Waals surface area (Å²) in [6.07, 6.45) is 3.05. The maximum Gasteiger partial charge on any atom is 0.322 e. The quantitative estimate of drug-likeness (QED) is 0.607. The van der Waals surface area contributed by atoms with Crippen LogP contribution < -0.4 is 5.32 Å². The Morgan fingerprint density at radius 1 is 1.52 bits per heavy atom. The average molecular weight is 305 g/mol. The summed E-state index contributed by atoms with van der Waals surface area (Å²) in [6, 6.07) is 8.25. The van der Waals surface area contributed by atoms with Crippen LogP contribution in [-0.4, -0.2) is 40.9 Å². The summed E-state index contributed by atoms with van der Waals surface area (Å²) in [6.45, 7) is 0. The molecule has 0 amide bonds. The van der Waals surface area contributed by atoms with E-state index in [1.165, 1.54) is 7.11 Å². The minimum atomic E-state index is -0.209. The molecule has 5 nitrogen and oxygen atoms in total. The number of benzene rings is 1. The molecule has 2 N–H and O–H groups in total. The Morgan fingerprint density at radius 3 is 3.05 bits per heavy atom. The maximum absolute atomic E-state index is 11.7. The van der Waals surface area contributed by atoms with Crippen molar-refractivity contribution >= 4 is 28.8 Å². The minimum Gasteiger partial charge on any atom is -0.468 e. The summed E-state index contributed by atoms with van der Waals surface area (Å²) in [7, 11) is 1.44. The highest BCUT2D eigenvalue weighted by Crippen LogP contribution is 2.23.